The van der Waals surface area contributed by atoms with Crippen LogP contribution in [0.1, 0.15) is 11.5 Å². The molecule has 0 spiro atoms. The molecule has 0 atom stereocenters. The monoisotopic (exact) mass is 337 g/mol. The highest BCUT2D eigenvalue weighted by Gasteiger charge is 2.34. The summed E-state index contributed by atoms with van der Waals surface area (Å²) in [6.45, 7) is 1.73. The van der Waals surface area contributed by atoms with Crippen LogP contribution in [0.15, 0.2) is 57.1 Å². The molecule has 3 heterocycles. The van der Waals surface area contributed by atoms with E-state index in [0.29, 0.717) is 10.7 Å². The lowest BCUT2D eigenvalue weighted by atomic mass is 10.3. The Balaban J connectivity index is 2.07. The van der Waals surface area contributed by atoms with Crippen LogP contribution in [-0.2, 0) is 6.18 Å². The van der Waals surface area contributed by atoms with Gasteiger partial charge in [0, 0.05) is 12.3 Å². The van der Waals surface area contributed by atoms with Crippen LogP contribution in [0.5, 0.6) is 0 Å². The second kappa shape index (κ2) is 6.04. The number of rotatable bonds is 3. The molecule has 23 heavy (non-hydrogen) atoms. The first kappa shape index (κ1) is 15.5. The van der Waals surface area contributed by atoms with Gasteiger partial charge in [0.1, 0.15) is 22.2 Å². The highest BCUT2D eigenvalue weighted by atomic mass is 32.2. The normalized spacial score (nSPS) is 11.7. The van der Waals surface area contributed by atoms with Crippen molar-refractivity contribution >= 4 is 11.8 Å². The minimum Gasteiger partial charge on any atom is -0.468 e. The van der Waals surface area contributed by atoms with E-state index < -0.39 is 11.9 Å². The summed E-state index contributed by atoms with van der Waals surface area (Å²) in [6, 6.07) is 7.49. The predicted octanol–water partition coefficient (Wildman–Crippen LogP) is 4.61. The number of pyridine rings is 1. The lowest BCUT2D eigenvalue weighted by Gasteiger charge is -2.09. The van der Waals surface area contributed by atoms with E-state index in [1.54, 1.807) is 31.2 Å². The van der Waals surface area contributed by atoms with Gasteiger partial charge in [-0.2, -0.15) is 13.2 Å². The molecule has 0 radical (unpaired) electrons. The largest absolute Gasteiger partial charge is 0.468 e. The quantitative estimate of drug-likeness (QED) is 0.653. The Morgan fingerprint density at radius 2 is 1.96 bits per heavy atom. The van der Waals surface area contributed by atoms with Gasteiger partial charge >= 0.3 is 6.18 Å². The maximum absolute atomic E-state index is 13.1. The molecule has 3 aromatic rings. The summed E-state index contributed by atoms with van der Waals surface area (Å²) in [7, 11) is 0. The molecule has 8 heteroatoms. The standard InChI is InChI=1S/C15H10F3N3OS/c1-9-11(5-7-22-9)23-13-8-12(15(16,17)18)20-14(21-13)10-4-2-3-6-19-10/h2-8H,1H3. The molecule has 0 aliphatic rings. The van der Waals surface area contributed by atoms with Crippen LogP contribution in [0.3, 0.4) is 0 Å². The summed E-state index contributed by atoms with van der Waals surface area (Å²) >= 11 is 1.09. The molecule has 0 amide bonds. The molecule has 0 saturated carbocycles. The second-order valence-corrected chi connectivity index (χ2v) is 5.63. The Morgan fingerprint density at radius 3 is 2.57 bits per heavy atom. The number of nitrogens with zero attached hydrogens (tertiary/aromatic N) is 3. The first-order valence-corrected chi connectivity index (χ1v) is 7.35. The number of alkyl halides is 3. The molecule has 3 rings (SSSR count). The van der Waals surface area contributed by atoms with Crippen molar-refractivity contribution in [2.45, 2.75) is 23.0 Å². The van der Waals surface area contributed by atoms with Gasteiger partial charge in [-0.25, -0.2) is 9.97 Å². The molecule has 3 aromatic heterocycles. The summed E-state index contributed by atoms with van der Waals surface area (Å²) in [5.41, 5.74) is -0.721. The zero-order valence-electron chi connectivity index (χ0n) is 11.8. The van der Waals surface area contributed by atoms with Gasteiger partial charge in [-0.15, -0.1) is 0 Å². The van der Waals surface area contributed by atoms with Gasteiger partial charge in [0.05, 0.1) is 11.2 Å². The highest BCUT2D eigenvalue weighted by Crippen LogP contribution is 2.35. The number of hydrogen-bond acceptors (Lipinski definition) is 5. The first-order chi connectivity index (χ1) is 10.9. The van der Waals surface area contributed by atoms with E-state index in [0.717, 1.165) is 17.8 Å². The minimum absolute atomic E-state index is 0.0657. The van der Waals surface area contributed by atoms with Crippen molar-refractivity contribution in [2.75, 3.05) is 0 Å². The van der Waals surface area contributed by atoms with E-state index in [9.17, 15) is 13.2 Å². The molecule has 0 fully saturated rings. The Morgan fingerprint density at radius 1 is 1.13 bits per heavy atom. The minimum atomic E-state index is -4.56. The molecule has 0 saturated heterocycles. The van der Waals surface area contributed by atoms with E-state index in [2.05, 4.69) is 15.0 Å². The number of halogens is 3. The van der Waals surface area contributed by atoms with Crippen molar-refractivity contribution in [3.63, 3.8) is 0 Å². The summed E-state index contributed by atoms with van der Waals surface area (Å²) < 4.78 is 44.4. The van der Waals surface area contributed by atoms with Gasteiger partial charge in [-0.3, -0.25) is 4.98 Å². The van der Waals surface area contributed by atoms with Crippen LogP contribution in [0.2, 0.25) is 0 Å². The maximum atomic E-state index is 13.1. The smallest absolute Gasteiger partial charge is 0.433 e. The van der Waals surface area contributed by atoms with E-state index in [-0.39, 0.29) is 16.5 Å². The zero-order chi connectivity index (χ0) is 16.4. The van der Waals surface area contributed by atoms with E-state index in [1.165, 1.54) is 12.5 Å². The van der Waals surface area contributed by atoms with Crippen molar-refractivity contribution in [3.05, 3.63) is 54.2 Å². The summed E-state index contributed by atoms with van der Waals surface area (Å²) in [4.78, 5) is 12.5. The Kier molecular flexibility index (Phi) is 4.08. The Labute approximate surface area is 133 Å². The average molecular weight is 337 g/mol. The molecular formula is C15H10F3N3OS. The first-order valence-electron chi connectivity index (χ1n) is 6.53. The van der Waals surface area contributed by atoms with Crippen molar-refractivity contribution in [3.8, 4) is 11.5 Å². The third-order valence-corrected chi connectivity index (χ3v) is 3.97. The molecule has 118 valence electrons. The second-order valence-electron chi connectivity index (χ2n) is 4.57. The third kappa shape index (κ3) is 3.53. The van der Waals surface area contributed by atoms with Crippen molar-refractivity contribution < 1.29 is 17.6 Å². The van der Waals surface area contributed by atoms with Crippen LogP contribution >= 0.6 is 11.8 Å². The molecule has 0 bridgehead atoms. The Bertz CT molecular complexity index is 818. The number of aryl methyl sites for hydroxylation is 1. The van der Waals surface area contributed by atoms with E-state index >= 15 is 0 Å². The summed E-state index contributed by atoms with van der Waals surface area (Å²) in [5.74, 6) is 0.547. The molecule has 0 aliphatic heterocycles. The van der Waals surface area contributed by atoms with Crippen LogP contribution in [-0.4, -0.2) is 15.0 Å². The third-order valence-electron chi connectivity index (χ3n) is 2.91. The fourth-order valence-corrected chi connectivity index (χ4v) is 2.67. The molecule has 0 aromatic carbocycles. The average Bonchev–Trinajstić information content (AvgIpc) is 2.92. The van der Waals surface area contributed by atoms with Crippen LogP contribution < -0.4 is 0 Å². The van der Waals surface area contributed by atoms with Gasteiger partial charge in [-0.1, -0.05) is 17.8 Å². The Hall–Kier alpha value is -2.35. The fourth-order valence-electron chi connectivity index (χ4n) is 1.82. The highest BCUT2D eigenvalue weighted by molar-refractivity contribution is 7.99. The predicted molar refractivity (Wildman–Crippen MR) is 77.8 cm³/mol. The van der Waals surface area contributed by atoms with Gasteiger partial charge in [0.2, 0.25) is 0 Å². The number of aromatic nitrogens is 3. The van der Waals surface area contributed by atoms with Crippen LogP contribution in [0, 0.1) is 6.92 Å². The lowest BCUT2D eigenvalue weighted by Crippen LogP contribution is -2.10. The molecule has 0 N–H and O–H groups in total. The summed E-state index contributed by atoms with van der Waals surface area (Å²) in [6.07, 6.45) is -1.61. The van der Waals surface area contributed by atoms with E-state index in [1.807, 2.05) is 0 Å². The van der Waals surface area contributed by atoms with Gasteiger partial charge in [-0.05, 0) is 25.1 Å². The lowest BCUT2D eigenvalue weighted by molar-refractivity contribution is -0.141. The maximum Gasteiger partial charge on any atom is 0.433 e. The van der Waals surface area contributed by atoms with Crippen LogP contribution in [0.25, 0.3) is 11.5 Å². The molecule has 0 unspecified atom stereocenters. The molecule has 4 nitrogen and oxygen atoms in total. The molecular weight excluding hydrogens is 327 g/mol. The van der Waals surface area contributed by atoms with Crippen LogP contribution in [0.4, 0.5) is 13.2 Å². The summed E-state index contributed by atoms with van der Waals surface area (Å²) in [5, 5.41) is 0.178. The topological polar surface area (TPSA) is 51.8 Å². The van der Waals surface area contributed by atoms with Crippen molar-refractivity contribution in [2.24, 2.45) is 0 Å². The van der Waals surface area contributed by atoms with Crippen molar-refractivity contribution in [1.29, 1.82) is 0 Å². The van der Waals surface area contributed by atoms with Gasteiger partial charge < -0.3 is 4.42 Å². The SMILES string of the molecule is Cc1occc1Sc1cc(C(F)(F)F)nc(-c2ccccn2)n1. The number of furan rings is 1. The van der Waals surface area contributed by atoms with E-state index in [4.69, 9.17) is 4.42 Å². The van der Waals surface area contributed by atoms with Gasteiger partial charge in [0.25, 0.3) is 0 Å². The fraction of sp³-hybridized carbons (Fsp3) is 0.133. The number of hydrogen-bond donors (Lipinski definition) is 0. The van der Waals surface area contributed by atoms with Crippen molar-refractivity contribution in [1.82, 2.24) is 15.0 Å². The van der Waals surface area contributed by atoms with Gasteiger partial charge in [0.15, 0.2) is 5.82 Å². The zero-order valence-corrected chi connectivity index (χ0v) is 12.6. The molecule has 0 aliphatic carbocycles.